The zero-order chi connectivity index (χ0) is 34.1. The highest BCUT2D eigenvalue weighted by Gasteiger charge is 2.32. The maximum Gasteiger partial charge on any atom is 0.330 e. The minimum atomic E-state index is -1.34. The Kier molecular flexibility index (Phi) is 17.4. The molecule has 1 aromatic carbocycles. The van der Waals surface area contributed by atoms with Crippen LogP contribution in [0.15, 0.2) is 42.5 Å². The summed E-state index contributed by atoms with van der Waals surface area (Å²) in [5.74, 6) is -4.69. The molecule has 45 heavy (non-hydrogen) atoms. The number of benzene rings is 1. The van der Waals surface area contributed by atoms with Crippen LogP contribution in [0, 0.1) is 23.7 Å². The lowest BCUT2D eigenvalue weighted by Crippen LogP contribution is -2.55. The average Bonchev–Trinajstić information content (AvgIpc) is 2.97. The van der Waals surface area contributed by atoms with Crippen LogP contribution in [0.4, 0.5) is 0 Å². The Morgan fingerprint density at radius 2 is 1.38 bits per heavy atom. The first-order valence-corrected chi connectivity index (χ1v) is 15.8. The number of hydrogen-bond acceptors (Lipinski definition) is 6. The van der Waals surface area contributed by atoms with Gasteiger partial charge in [0.15, 0.2) is 6.04 Å². The van der Waals surface area contributed by atoms with Crippen molar-refractivity contribution >= 4 is 35.4 Å². The van der Waals surface area contributed by atoms with Crippen LogP contribution in [-0.2, 0) is 28.8 Å². The van der Waals surface area contributed by atoms with Crippen LogP contribution in [0.25, 0.3) is 0 Å². The van der Waals surface area contributed by atoms with Gasteiger partial charge in [-0.05, 0) is 49.0 Å². The molecule has 1 rings (SSSR count). The number of carboxylic acids is 1. The minimum Gasteiger partial charge on any atom is -0.479 e. The van der Waals surface area contributed by atoms with Crippen LogP contribution in [-0.4, -0.2) is 59.1 Å². The first-order valence-electron chi connectivity index (χ1n) is 15.8. The SMILES string of the molecule is CCCC(NC(=O)[C@H](CC(C)C)NC(=O)C(CC=CCC(C)C)C(C)C)C(=O)C(=O)NCC(=O)N[C@H](C(=O)O)c1ccccc1. The summed E-state index contributed by atoms with van der Waals surface area (Å²) in [6.07, 6.45) is 6.48. The Morgan fingerprint density at radius 1 is 0.778 bits per heavy atom. The Balaban J connectivity index is 2.91. The summed E-state index contributed by atoms with van der Waals surface area (Å²) < 4.78 is 0. The predicted molar refractivity (Wildman–Crippen MR) is 173 cm³/mol. The Hall–Kier alpha value is -4.02. The number of carbonyl (C=O) groups is 6. The highest BCUT2D eigenvalue weighted by Crippen LogP contribution is 2.18. The molecule has 0 saturated heterocycles. The first kappa shape index (κ1) is 39.0. The van der Waals surface area contributed by atoms with Gasteiger partial charge >= 0.3 is 5.97 Å². The second-order valence-corrected chi connectivity index (χ2v) is 12.5. The average molecular weight is 629 g/mol. The number of rotatable bonds is 20. The number of hydrogen-bond donors (Lipinski definition) is 5. The van der Waals surface area contributed by atoms with Crippen molar-refractivity contribution in [3.8, 4) is 0 Å². The fourth-order valence-electron chi connectivity index (χ4n) is 4.66. The first-order chi connectivity index (χ1) is 21.2. The third-order valence-electron chi connectivity index (χ3n) is 7.17. The van der Waals surface area contributed by atoms with Gasteiger partial charge in [-0.3, -0.25) is 24.0 Å². The topological polar surface area (TPSA) is 171 Å². The summed E-state index contributed by atoms with van der Waals surface area (Å²) in [7, 11) is 0. The molecule has 0 saturated carbocycles. The van der Waals surface area contributed by atoms with Crippen molar-refractivity contribution in [1.29, 1.82) is 0 Å². The maximum absolute atomic E-state index is 13.4. The Morgan fingerprint density at radius 3 is 1.91 bits per heavy atom. The van der Waals surface area contributed by atoms with E-state index in [2.05, 4.69) is 41.2 Å². The zero-order valence-electron chi connectivity index (χ0n) is 27.7. The van der Waals surface area contributed by atoms with Crippen LogP contribution in [0.5, 0.6) is 0 Å². The fourth-order valence-corrected chi connectivity index (χ4v) is 4.66. The summed E-state index contributed by atoms with van der Waals surface area (Å²) in [5.41, 5.74) is 0.344. The number of carboxylic acid groups (broad SMARTS) is 1. The third-order valence-corrected chi connectivity index (χ3v) is 7.17. The lowest BCUT2D eigenvalue weighted by Gasteiger charge is -2.26. The quantitative estimate of drug-likeness (QED) is 0.108. The Labute approximate surface area is 267 Å². The molecule has 11 heteroatoms. The molecular weight excluding hydrogens is 576 g/mol. The van der Waals surface area contributed by atoms with Gasteiger partial charge in [0.2, 0.25) is 23.5 Å². The molecule has 0 fully saturated rings. The molecule has 4 atom stereocenters. The second-order valence-electron chi connectivity index (χ2n) is 12.5. The lowest BCUT2D eigenvalue weighted by molar-refractivity contribution is -0.142. The summed E-state index contributed by atoms with van der Waals surface area (Å²) >= 11 is 0. The van der Waals surface area contributed by atoms with Crippen LogP contribution in [0.1, 0.15) is 92.2 Å². The summed E-state index contributed by atoms with van der Waals surface area (Å²) in [5, 5.41) is 19.6. The molecule has 0 aliphatic carbocycles. The molecule has 1 aromatic rings. The number of allylic oxidation sites excluding steroid dienone is 2. The van der Waals surface area contributed by atoms with Crippen LogP contribution >= 0.6 is 0 Å². The van der Waals surface area contributed by atoms with Crippen molar-refractivity contribution in [2.75, 3.05) is 6.54 Å². The largest absolute Gasteiger partial charge is 0.479 e. The van der Waals surface area contributed by atoms with Gasteiger partial charge in [-0.2, -0.15) is 0 Å². The Bertz CT molecular complexity index is 1160. The molecular formula is C34H52N4O7. The monoisotopic (exact) mass is 628 g/mol. The van der Waals surface area contributed by atoms with Gasteiger partial charge in [0.1, 0.15) is 6.04 Å². The van der Waals surface area contributed by atoms with Gasteiger partial charge in [-0.25, -0.2) is 4.79 Å². The van der Waals surface area contributed by atoms with E-state index in [4.69, 9.17) is 0 Å². The highest BCUT2D eigenvalue weighted by atomic mass is 16.4. The molecule has 0 bridgehead atoms. The molecule has 2 unspecified atom stereocenters. The maximum atomic E-state index is 13.4. The van der Waals surface area contributed by atoms with Crippen LogP contribution in [0.3, 0.4) is 0 Å². The van der Waals surface area contributed by atoms with Gasteiger partial charge < -0.3 is 26.4 Å². The molecule has 250 valence electrons. The number of amides is 4. The molecule has 4 amide bonds. The van der Waals surface area contributed by atoms with Crippen LogP contribution in [0.2, 0.25) is 0 Å². The van der Waals surface area contributed by atoms with Crippen molar-refractivity contribution in [1.82, 2.24) is 21.3 Å². The number of Topliss-reactive ketones (excluding diaryl/α,β-unsaturated/α-hetero) is 1. The highest BCUT2D eigenvalue weighted by molar-refractivity contribution is 6.38. The van der Waals surface area contributed by atoms with Crippen molar-refractivity contribution in [3.05, 3.63) is 48.0 Å². The van der Waals surface area contributed by atoms with E-state index in [1.54, 1.807) is 37.3 Å². The van der Waals surface area contributed by atoms with Gasteiger partial charge in [0.05, 0.1) is 12.6 Å². The van der Waals surface area contributed by atoms with Crippen LogP contribution < -0.4 is 21.3 Å². The predicted octanol–water partition coefficient (Wildman–Crippen LogP) is 3.69. The number of ketones is 1. The van der Waals surface area contributed by atoms with E-state index in [0.29, 0.717) is 30.7 Å². The van der Waals surface area contributed by atoms with Crippen molar-refractivity contribution < 1.29 is 33.9 Å². The third kappa shape index (κ3) is 14.5. The van der Waals surface area contributed by atoms with E-state index in [1.165, 1.54) is 0 Å². The van der Waals surface area contributed by atoms with E-state index < -0.39 is 54.1 Å². The van der Waals surface area contributed by atoms with E-state index >= 15 is 0 Å². The van der Waals surface area contributed by atoms with E-state index in [0.717, 1.165) is 6.42 Å². The molecule has 11 nitrogen and oxygen atoms in total. The lowest BCUT2D eigenvalue weighted by atomic mass is 9.90. The minimum absolute atomic E-state index is 0.0326. The standard InChI is InChI=1S/C34H52N4O7/c1-8-14-26(30(40)33(43)35-20-28(39)38-29(34(44)45)24-16-10-9-11-17-24)36-32(42)27(19-22(4)5)37-31(41)25(23(6)7)18-13-12-15-21(2)3/h9-13,16-17,21-23,25-27,29H,8,14-15,18-20H2,1-7H3,(H,35,43)(H,36,42)(H,37,41)(H,38,39)(H,44,45)/t25?,26?,27-,29-/m0/s1. The summed E-state index contributed by atoms with van der Waals surface area (Å²) in [6.45, 7) is 13.1. The zero-order valence-corrected chi connectivity index (χ0v) is 27.7. The van der Waals surface area contributed by atoms with E-state index in [9.17, 15) is 33.9 Å². The summed E-state index contributed by atoms with van der Waals surface area (Å²) in [4.78, 5) is 76.5. The molecule has 0 aliphatic rings. The van der Waals surface area contributed by atoms with Crippen molar-refractivity contribution in [3.63, 3.8) is 0 Å². The molecule has 5 N–H and O–H groups in total. The molecule has 0 spiro atoms. The molecule has 0 heterocycles. The van der Waals surface area contributed by atoms with Crippen molar-refractivity contribution in [2.24, 2.45) is 23.7 Å². The molecule has 0 aliphatic heterocycles. The van der Waals surface area contributed by atoms with Crippen molar-refractivity contribution in [2.45, 2.75) is 98.7 Å². The van der Waals surface area contributed by atoms with Gasteiger partial charge in [-0.1, -0.05) is 97.4 Å². The normalized spacial score (nSPS) is 14.1. The number of carbonyl (C=O) groups excluding carboxylic acids is 5. The summed E-state index contributed by atoms with van der Waals surface area (Å²) in [6, 6.07) is 4.63. The molecule has 0 aromatic heterocycles. The fraction of sp³-hybridized carbons (Fsp3) is 0.588. The smallest absolute Gasteiger partial charge is 0.330 e. The number of nitrogens with one attached hydrogen (secondary N) is 4. The second kappa shape index (κ2) is 20.1. The van der Waals surface area contributed by atoms with E-state index in [-0.39, 0.29) is 30.1 Å². The van der Waals surface area contributed by atoms with E-state index in [1.807, 2.05) is 33.8 Å². The van der Waals surface area contributed by atoms with Gasteiger partial charge in [0, 0.05) is 5.92 Å². The van der Waals surface area contributed by atoms with Gasteiger partial charge in [-0.15, -0.1) is 0 Å². The molecule has 0 radical (unpaired) electrons. The number of aliphatic carboxylic acids is 1. The van der Waals surface area contributed by atoms with Gasteiger partial charge in [0.25, 0.3) is 5.91 Å².